The normalized spacial score (nSPS) is 12.4. The number of methoxy groups -OCH3 is 1. The maximum absolute atomic E-state index is 11.4. The Kier molecular flexibility index (Phi) is 6.07. The van der Waals surface area contributed by atoms with Crippen LogP contribution in [0.25, 0.3) is 0 Å². The molecule has 0 bridgehead atoms. The van der Waals surface area contributed by atoms with Crippen molar-refractivity contribution >= 4 is 17.7 Å². The molecular formula is C11H18N2O3S. The summed E-state index contributed by atoms with van der Waals surface area (Å²) in [6.07, 6.45) is 2.30. The fraction of sp³-hybridized carbons (Fsp3) is 0.636. The SMILES string of the molecule is CCNC(CCSc1nc(C)co1)C(=O)OC. The summed E-state index contributed by atoms with van der Waals surface area (Å²) in [7, 11) is 1.40. The first-order valence-electron chi connectivity index (χ1n) is 5.53. The van der Waals surface area contributed by atoms with E-state index in [0.717, 1.165) is 18.0 Å². The smallest absolute Gasteiger partial charge is 0.322 e. The molecule has 96 valence electrons. The summed E-state index contributed by atoms with van der Waals surface area (Å²) in [6.45, 7) is 4.58. The first kappa shape index (κ1) is 14.1. The van der Waals surface area contributed by atoms with E-state index in [0.29, 0.717) is 11.6 Å². The molecule has 1 N–H and O–H groups in total. The molecule has 1 rings (SSSR count). The third kappa shape index (κ3) is 4.79. The molecule has 1 unspecified atom stereocenters. The Hall–Kier alpha value is -1.01. The van der Waals surface area contributed by atoms with E-state index in [-0.39, 0.29) is 12.0 Å². The Bertz CT molecular complexity index is 354. The van der Waals surface area contributed by atoms with Crippen molar-refractivity contribution in [3.8, 4) is 0 Å². The van der Waals surface area contributed by atoms with Crippen LogP contribution in [-0.4, -0.2) is 36.4 Å². The average Bonchev–Trinajstić information content (AvgIpc) is 2.73. The number of aromatic nitrogens is 1. The van der Waals surface area contributed by atoms with E-state index in [1.54, 1.807) is 6.26 Å². The Balaban J connectivity index is 2.34. The number of carbonyl (C=O) groups is 1. The van der Waals surface area contributed by atoms with Gasteiger partial charge in [-0.25, -0.2) is 4.98 Å². The van der Waals surface area contributed by atoms with Crippen LogP contribution in [0.15, 0.2) is 15.9 Å². The zero-order chi connectivity index (χ0) is 12.7. The molecule has 1 aromatic heterocycles. The number of nitrogens with zero attached hydrogens (tertiary/aromatic N) is 1. The molecule has 5 nitrogen and oxygen atoms in total. The number of carbonyl (C=O) groups excluding carboxylic acids is 1. The van der Waals surface area contributed by atoms with E-state index in [2.05, 4.69) is 10.3 Å². The van der Waals surface area contributed by atoms with Crippen molar-refractivity contribution in [3.63, 3.8) is 0 Å². The van der Waals surface area contributed by atoms with E-state index < -0.39 is 0 Å². The number of rotatable bonds is 7. The predicted molar refractivity (Wildman–Crippen MR) is 66.1 cm³/mol. The van der Waals surface area contributed by atoms with Crippen LogP contribution in [0.2, 0.25) is 0 Å². The van der Waals surface area contributed by atoms with E-state index in [1.807, 2.05) is 13.8 Å². The molecule has 0 spiro atoms. The third-order valence-corrected chi connectivity index (χ3v) is 3.04. The van der Waals surface area contributed by atoms with Crippen LogP contribution in [0.5, 0.6) is 0 Å². The highest BCUT2D eigenvalue weighted by atomic mass is 32.2. The molecule has 1 aromatic rings. The molecule has 17 heavy (non-hydrogen) atoms. The van der Waals surface area contributed by atoms with Gasteiger partial charge in [0, 0.05) is 5.75 Å². The van der Waals surface area contributed by atoms with E-state index in [1.165, 1.54) is 18.9 Å². The number of hydrogen-bond acceptors (Lipinski definition) is 6. The van der Waals surface area contributed by atoms with E-state index in [9.17, 15) is 4.79 Å². The van der Waals surface area contributed by atoms with Gasteiger partial charge in [0.1, 0.15) is 12.3 Å². The van der Waals surface area contributed by atoms with Crippen LogP contribution < -0.4 is 5.32 Å². The number of esters is 1. The van der Waals surface area contributed by atoms with Gasteiger partial charge in [-0.2, -0.15) is 0 Å². The molecular weight excluding hydrogens is 240 g/mol. The minimum absolute atomic E-state index is 0.226. The Labute approximate surface area is 105 Å². The number of aryl methyl sites for hydroxylation is 1. The lowest BCUT2D eigenvalue weighted by molar-refractivity contribution is -0.143. The first-order valence-corrected chi connectivity index (χ1v) is 6.52. The highest BCUT2D eigenvalue weighted by Gasteiger charge is 2.17. The van der Waals surface area contributed by atoms with Gasteiger partial charge in [0.2, 0.25) is 0 Å². The summed E-state index contributed by atoms with van der Waals surface area (Å²) in [4.78, 5) is 15.6. The number of likely N-dealkylation sites (N-methyl/N-ethyl adjacent to an activating group) is 1. The van der Waals surface area contributed by atoms with Crippen molar-refractivity contribution in [2.75, 3.05) is 19.4 Å². The third-order valence-electron chi connectivity index (χ3n) is 2.17. The van der Waals surface area contributed by atoms with Crippen molar-refractivity contribution in [1.29, 1.82) is 0 Å². The molecule has 0 radical (unpaired) electrons. The number of nitrogens with one attached hydrogen (secondary N) is 1. The highest BCUT2D eigenvalue weighted by Crippen LogP contribution is 2.18. The van der Waals surface area contributed by atoms with Gasteiger partial charge < -0.3 is 14.5 Å². The minimum atomic E-state index is -0.256. The molecule has 0 aliphatic heterocycles. The van der Waals surface area contributed by atoms with Gasteiger partial charge in [-0.15, -0.1) is 0 Å². The fourth-order valence-electron chi connectivity index (χ4n) is 1.35. The van der Waals surface area contributed by atoms with Gasteiger partial charge in [-0.1, -0.05) is 18.7 Å². The Morgan fingerprint density at radius 2 is 2.47 bits per heavy atom. The zero-order valence-electron chi connectivity index (χ0n) is 10.4. The predicted octanol–water partition coefficient (Wildman–Crippen LogP) is 1.62. The largest absolute Gasteiger partial charge is 0.468 e. The molecule has 0 aromatic carbocycles. The first-order chi connectivity index (χ1) is 8.17. The Morgan fingerprint density at radius 3 is 3.00 bits per heavy atom. The van der Waals surface area contributed by atoms with Crippen LogP contribution in [-0.2, 0) is 9.53 Å². The fourth-order valence-corrected chi connectivity index (χ4v) is 2.21. The van der Waals surface area contributed by atoms with Gasteiger partial charge >= 0.3 is 5.97 Å². The van der Waals surface area contributed by atoms with Crippen molar-refractivity contribution in [1.82, 2.24) is 10.3 Å². The average molecular weight is 258 g/mol. The molecule has 0 fully saturated rings. The standard InChI is InChI=1S/C11H18N2O3S/c1-4-12-9(10(14)15-3)5-6-17-11-13-8(2)7-16-11/h7,9,12H,4-6H2,1-3H3. The highest BCUT2D eigenvalue weighted by molar-refractivity contribution is 7.99. The molecule has 1 heterocycles. The van der Waals surface area contributed by atoms with Gasteiger partial charge in [-0.05, 0) is 19.9 Å². The number of oxazole rings is 1. The summed E-state index contributed by atoms with van der Waals surface area (Å²) in [5.41, 5.74) is 0.865. The maximum Gasteiger partial charge on any atom is 0.322 e. The van der Waals surface area contributed by atoms with Crippen LogP contribution in [0.1, 0.15) is 19.0 Å². The second kappa shape index (κ2) is 7.34. The quantitative estimate of drug-likeness (QED) is 0.592. The van der Waals surface area contributed by atoms with Crippen LogP contribution in [0.4, 0.5) is 0 Å². The lowest BCUT2D eigenvalue weighted by atomic mass is 10.2. The summed E-state index contributed by atoms with van der Waals surface area (Å²) in [5.74, 6) is 0.531. The van der Waals surface area contributed by atoms with Gasteiger partial charge in [0.25, 0.3) is 5.22 Å². The Morgan fingerprint density at radius 1 is 1.71 bits per heavy atom. The lowest BCUT2D eigenvalue weighted by Gasteiger charge is -2.14. The molecule has 1 atom stereocenters. The van der Waals surface area contributed by atoms with Gasteiger partial charge in [0.05, 0.1) is 12.8 Å². The minimum Gasteiger partial charge on any atom is -0.468 e. The maximum atomic E-state index is 11.4. The summed E-state index contributed by atoms with van der Waals surface area (Å²) >= 11 is 1.50. The van der Waals surface area contributed by atoms with Gasteiger partial charge in [-0.3, -0.25) is 4.79 Å². The molecule has 0 saturated heterocycles. The van der Waals surface area contributed by atoms with Crippen LogP contribution >= 0.6 is 11.8 Å². The molecule has 6 heteroatoms. The van der Waals surface area contributed by atoms with E-state index in [4.69, 9.17) is 9.15 Å². The molecule has 0 saturated carbocycles. The number of thioether (sulfide) groups is 1. The van der Waals surface area contributed by atoms with Crippen molar-refractivity contribution < 1.29 is 13.9 Å². The molecule has 0 amide bonds. The van der Waals surface area contributed by atoms with Crippen LogP contribution in [0.3, 0.4) is 0 Å². The van der Waals surface area contributed by atoms with Crippen molar-refractivity contribution in [2.45, 2.75) is 31.5 Å². The summed E-state index contributed by atoms with van der Waals surface area (Å²) in [6, 6.07) is -0.256. The van der Waals surface area contributed by atoms with Crippen molar-refractivity contribution in [3.05, 3.63) is 12.0 Å². The van der Waals surface area contributed by atoms with Crippen LogP contribution in [0, 0.1) is 6.92 Å². The second-order valence-electron chi connectivity index (χ2n) is 3.53. The van der Waals surface area contributed by atoms with E-state index >= 15 is 0 Å². The topological polar surface area (TPSA) is 64.4 Å². The number of ether oxygens (including phenoxy) is 1. The molecule has 0 aliphatic rings. The van der Waals surface area contributed by atoms with Gasteiger partial charge in [0.15, 0.2) is 0 Å². The summed E-state index contributed by atoms with van der Waals surface area (Å²) in [5, 5.41) is 3.73. The second-order valence-corrected chi connectivity index (χ2v) is 4.57. The summed E-state index contributed by atoms with van der Waals surface area (Å²) < 4.78 is 9.93. The number of hydrogen-bond donors (Lipinski definition) is 1. The lowest BCUT2D eigenvalue weighted by Crippen LogP contribution is -2.37. The molecule has 0 aliphatic carbocycles. The zero-order valence-corrected chi connectivity index (χ0v) is 11.2. The van der Waals surface area contributed by atoms with Crippen molar-refractivity contribution in [2.24, 2.45) is 0 Å². The monoisotopic (exact) mass is 258 g/mol.